The number of carbonyl (C=O) groups is 1. The SMILES string of the molecule is CCn1c(SCC(=O)NCc2ccccc2CN2CCCC2)nc2ccccc21. The quantitative estimate of drug-likeness (QED) is 0.571. The third-order valence-electron chi connectivity index (χ3n) is 5.46. The van der Waals surface area contributed by atoms with Crippen molar-refractivity contribution < 1.29 is 4.79 Å². The standard InChI is InChI=1S/C23H28N4OS/c1-2-27-21-12-6-5-11-20(21)25-23(27)29-17-22(28)24-15-18-9-3-4-10-19(18)16-26-13-7-8-14-26/h3-6,9-12H,2,7-8,13-17H2,1H3,(H,24,28). The third kappa shape index (κ3) is 4.82. The Bertz CT molecular complexity index is 978. The minimum Gasteiger partial charge on any atom is -0.351 e. The van der Waals surface area contributed by atoms with Gasteiger partial charge in [0.25, 0.3) is 0 Å². The number of nitrogens with one attached hydrogen (secondary N) is 1. The van der Waals surface area contributed by atoms with Gasteiger partial charge in [0.05, 0.1) is 16.8 Å². The molecule has 0 spiro atoms. The maximum Gasteiger partial charge on any atom is 0.230 e. The number of likely N-dealkylation sites (tertiary alicyclic amines) is 1. The highest BCUT2D eigenvalue weighted by molar-refractivity contribution is 7.99. The maximum absolute atomic E-state index is 12.5. The summed E-state index contributed by atoms with van der Waals surface area (Å²) < 4.78 is 2.17. The lowest BCUT2D eigenvalue weighted by Gasteiger charge is -2.17. The van der Waals surface area contributed by atoms with Crippen molar-refractivity contribution in [1.29, 1.82) is 0 Å². The predicted molar refractivity (Wildman–Crippen MR) is 119 cm³/mol. The van der Waals surface area contributed by atoms with Crippen LogP contribution in [-0.4, -0.2) is 39.2 Å². The summed E-state index contributed by atoms with van der Waals surface area (Å²) in [5.74, 6) is 0.415. The van der Waals surface area contributed by atoms with Gasteiger partial charge < -0.3 is 9.88 Å². The topological polar surface area (TPSA) is 50.2 Å². The van der Waals surface area contributed by atoms with Crippen LogP contribution >= 0.6 is 11.8 Å². The molecule has 2 aromatic carbocycles. The fraction of sp³-hybridized carbons (Fsp3) is 0.391. The van der Waals surface area contributed by atoms with Crippen molar-refractivity contribution in [3.8, 4) is 0 Å². The van der Waals surface area contributed by atoms with E-state index in [9.17, 15) is 4.79 Å². The molecule has 0 bridgehead atoms. The number of fused-ring (bicyclic) bond motifs is 1. The van der Waals surface area contributed by atoms with Crippen molar-refractivity contribution in [1.82, 2.24) is 19.8 Å². The first-order valence-corrected chi connectivity index (χ1v) is 11.4. The van der Waals surface area contributed by atoms with Crippen LogP contribution in [0.3, 0.4) is 0 Å². The zero-order chi connectivity index (χ0) is 20.1. The molecule has 152 valence electrons. The lowest BCUT2D eigenvalue weighted by molar-refractivity contribution is -0.118. The maximum atomic E-state index is 12.5. The number of aryl methyl sites for hydroxylation is 1. The van der Waals surface area contributed by atoms with Crippen LogP contribution in [0.2, 0.25) is 0 Å². The van der Waals surface area contributed by atoms with Crippen LogP contribution in [0.25, 0.3) is 11.0 Å². The van der Waals surface area contributed by atoms with Crippen LogP contribution in [0.5, 0.6) is 0 Å². The molecule has 5 nitrogen and oxygen atoms in total. The van der Waals surface area contributed by atoms with E-state index in [2.05, 4.69) is 51.0 Å². The molecule has 0 saturated carbocycles. The second-order valence-electron chi connectivity index (χ2n) is 7.44. The van der Waals surface area contributed by atoms with Crippen LogP contribution < -0.4 is 5.32 Å². The van der Waals surface area contributed by atoms with Crippen molar-refractivity contribution in [2.45, 2.75) is 44.6 Å². The first kappa shape index (κ1) is 20.0. The first-order valence-electron chi connectivity index (χ1n) is 10.4. The van der Waals surface area contributed by atoms with Gasteiger partial charge in [-0.15, -0.1) is 0 Å². The molecule has 4 rings (SSSR count). The summed E-state index contributed by atoms with van der Waals surface area (Å²) >= 11 is 1.50. The van der Waals surface area contributed by atoms with Gasteiger partial charge in [-0.05, 0) is 56.1 Å². The van der Waals surface area contributed by atoms with Crippen LogP contribution in [-0.2, 0) is 24.4 Å². The van der Waals surface area contributed by atoms with E-state index in [1.165, 1.54) is 48.8 Å². The van der Waals surface area contributed by atoms with Crippen LogP contribution in [0, 0.1) is 0 Å². The molecule has 29 heavy (non-hydrogen) atoms. The Kier molecular flexibility index (Phi) is 6.52. The molecule has 1 saturated heterocycles. The lowest BCUT2D eigenvalue weighted by atomic mass is 10.1. The number of imidazole rings is 1. The summed E-state index contributed by atoms with van der Waals surface area (Å²) in [6, 6.07) is 16.5. The number of rotatable bonds is 8. The summed E-state index contributed by atoms with van der Waals surface area (Å²) in [4.78, 5) is 19.7. The molecule has 0 atom stereocenters. The van der Waals surface area contributed by atoms with Gasteiger partial charge in [0.1, 0.15) is 0 Å². The van der Waals surface area contributed by atoms with E-state index in [1.54, 1.807) is 0 Å². The minimum atomic E-state index is 0.0423. The highest BCUT2D eigenvalue weighted by Gasteiger charge is 2.15. The van der Waals surface area contributed by atoms with E-state index in [0.717, 1.165) is 29.3 Å². The van der Waals surface area contributed by atoms with Gasteiger partial charge in [-0.3, -0.25) is 9.69 Å². The van der Waals surface area contributed by atoms with E-state index >= 15 is 0 Å². The molecular weight excluding hydrogens is 380 g/mol. The Morgan fingerprint density at radius 1 is 1.07 bits per heavy atom. The Balaban J connectivity index is 1.34. The molecule has 1 N–H and O–H groups in total. The van der Waals surface area contributed by atoms with Gasteiger partial charge in [0, 0.05) is 19.6 Å². The highest BCUT2D eigenvalue weighted by Crippen LogP contribution is 2.24. The lowest BCUT2D eigenvalue weighted by Crippen LogP contribution is -2.26. The molecule has 0 unspecified atom stereocenters. The van der Waals surface area contributed by atoms with Gasteiger partial charge in [-0.1, -0.05) is 48.2 Å². The number of hydrogen-bond acceptors (Lipinski definition) is 4. The monoisotopic (exact) mass is 408 g/mol. The van der Waals surface area contributed by atoms with Crippen molar-refractivity contribution in [2.24, 2.45) is 0 Å². The number of hydrogen-bond donors (Lipinski definition) is 1. The average molecular weight is 409 g/mol. The van der Waals surface area contributed by atoms with E-state index in [-0.39, 0.29) is 5.91 Å². The number of carbonyl (C=O) groups excluding carboxylic acids is 1. The molecule has 2 heterocycles. The number of amides is 1. The van der Waals surface area contributed by atoms with E-state index < -0.39 is 0 Å². The average Bonchev–Trinajstić information content (AvgIpc) is 3.38. The Hall–Kier alpha value is -2.31. The fourth-order valence-electron chi connectivity index (χ4n) is 3.91. The largest absolute Gasteiger partial charge is 0.351 e. The van der Waals surface area contributed by atoms with Crippen LogP contribution in [0.4, 0.5) is 0 Å². The third-order valence-corrected chi connectivity index (χ3v) is 6.43. The summed E-state index contributed by atoms with van der Waals surface area (Å²) in [6.07, 6.45) is 2.58. The minimum absolute atomic E-state index is 0.0423. The molecule has 1 aliphatic rings. The van der Waals surface area contributed by atoms with Crippen molar-refractivity contribution in [2.75, 3.05) is 18.8 Å². The van der Waals surface area contributed by atoms with E-state index in [4.69, 9.17) is 0 Å². The molecule has 6 heteroatoms. The number of para-hydroxylation sites is 2. The normalized spacial score (nSPS) is 14.5. The Morgan fingerprint density at radius 3 is 2.59 bits per heavy atom. The Morgan fingerprint density at radius 2 is 1.79 bits per heavy atom. The second kappa shape index (κ2) is 9.46. The zero-order valence-electron chi connectivity index (χ0n) is 16.9. The highest BCUT2D eigenvalue weighted by atomic mass is 32.2. The van der Waals surface area contributed by atoms with Crippen LogP contribution in [0.15, 0.2) is 53.7 Å². The van der Waals surface area contributed by atoms with E-state index in [0.29, 0.717) is 12.3 Å². The van der Waals surface area contributed by atoms with Gasteiger partial charge >= 0.3 is 0 Å². The summed E-state index contributed by atoms with van der Waals surface area (Å²) in [5.41, 5.74) is 4.62. The number of thioether (sulfide) groups is 1. The predicted octanol–water partition coefficient (Wildman–Crippen LogP) is 4.06. The summed E-state index contributed by atoms with van der Waals surface area (Å²) in [7, 11) is 0. The summed E-state index contributed by atoms with van der Waals surface area (Å²) in [6.45, 7) is 6.85. The van der Waals surface area contributed by atoms with Gasteiger partial charge in [-0.2, -0.15) is 0 Å². The first-order chi connectivity index (χ1) is 14.2. The second-order valence-corrected chi connectivity index (χ2v) is 8.39. The molecule has 1 aromatic heterocycles. The molecule has 1 amide bonds. The number of nitrogens with zero attached hydrogens (tertiary/aromatic N) is 3. The molecular formula is C23H28N4OS. The fourth-order valence-corrected chi connectivity index (χ4v) is 4.82. The van der Waals surface area contributed by atoms with Gasteiger partial charge in [-0.25, -0.2) is 4.98 Å². The van der Waals surface area contributed by atoms with Gasteiger partial charge in [0.2, 0.25) is 5.91 Å². The van der Waals surface area contributed by atoms with Crippen LogP contribution in [0.1, 0.15) is 30.9 Å². The molecule has 0 radical (unpaired) electrons. The van der Waals surface area contributed by atoms with Crippen molar-refractivity contribution >= 4 is 28.7 Å². The molecule has 3 aromatic rings. The zero-order valence-corrected chi connectivity index (χ0v) is 17.8. The molecule has 1 fully saturated rings. The van der Waals surface area contributed by atoms with Crippen molar-refractivity contribution in [3.63, 3.8) is 0 Å². The summed E-state index contributed by atoms with van der Waals surface area (Å²) in [5, 5.41) is 3.99. The van der Waals surface area contributed by atoms with Crippen molar-refractivity contribution in [3.05, 3.63) is 59.7 Å². The smallest absolute Gasteiger partial charge is 0.230 e. The number of aromatic nitrogens is 2. The Labute approximate surface area is 176 Å². The van der Waals surface area contributed by atoms with Gasteiger partial charge in [0.15, 0.2) is 5.16 Å². The van der Waals surface area contributed by atoms with E-state index in [1.807, 2.05) is 24.3 Å². The molecule has 0 aliphatic carbocycles. The number of benzene rings is 2. The molecule has 1 aliphatic heterocycles.